The summed E-state index contributed by atoms with van der Waals surface area (Å²) < 4.78 is 0. The highest BCUT2D eigenvalue weighted by Crippen LogP contribution is 2.14. The van der Waals surface area contributed by atoms with Gasteiger partial charge in [0.15, 0.2) is 0 Å². The Balaban J connectivity index is 3.07. The molecule has 3 nitrogen and oxygen atoms in total. The number of carbonyl (C=O) groups is 2. The molecule has 0 aromatic rings. The quantitative estimate of drug-likeness (QED) is 0.194. The minimum atomic E-state index is -0.663. The summed E-state index contributed by atoms with van der Waals surface area (Å²) in [6, 6.07) is 0. The zero-order chi connectivity index (χ0) is 20.0. The van der Waals surface area contributed by atoms with Crippen molar-refractivity contribution in [3.8, 4) is 0 Å². The molecule has 0 radical (unpaired) electrons. The molecule has 0 aromatic carbocycles. The number of Topliss-reactive ketones (excluding diaryl/α,β-unsaturated/α-hetero) is 1. The Morgan fingerprint density at radius 3 is 1.11 bits per heavy atom. The lowest BCUT2D eigenvalue weighted by molar-refractivity contribution is -0.137. The average molecular weight is 383 g/mol. The molecule has 0 rings (SSSR count). The van der Waals surface area contributed by atoms with Crippen LogP contribution in [0, 0.1) is 0 Å². The van der Waals surface area contributed by atoms with E-state index in [0.717, 1.165) is 44.9 Å². The van der Waals surface area contributed by atoms with Gasteiger partial charge in [-0.25, -0.2) is 0 Å². The summed E-state index contributed by atoms with van der Waals surface area (Å²) in [7, 11) is 0. The van der Waals surface area contributed by atoms with Crippen LogP contribution in [0.2, 0.25) is 0 Å². The fourth-order valence-corrected chi connectivity index (χ4v) is 3.57. The molecular weight excluding hydrogens is 336 g/mol. The van der Waals surface area contributed by atoms with Crippen LogP contribution < -0.4 is 0 Å². The van der Waals surface area contributed by atoms with Crippen molar-refractivity contribution in [1.82, 2.24) is 0 Å². The topological polar surface area (TPSA) is 54.4 Å². The second-order valence-corrected chi connectivity index (χ2v) is 8.19. The van der Waals surface area contributed by atoms with Gasteiger partial charge in [0.05, 0.1) is 0 Å². The number of rotatable bonds is 22. The monoisotopic (exact) mass is 382 g/mol. The molecule has 27 heavy (non-hydrogen) atoms. The van der Waals surface area contributed by atoms with Gasteiger partial charge >= 0.3 is 5.97 Å². The van der Waals surface area contributed by atoms with Gasteiger partial charge in [-0.05, 0) is 19.3 Å². The van der Waals surface area contributed by atoms with Crippen LogP contribution in [0.5, 0.6) is 0 Å². The number of carbonyl (C=O) groups excluding carboxylic acids is 1. The Kier molecular flexibility index (Phi) is 20.8. The highest BCUT2D eigenvalue weighted by molar-refractivity contribution is 5.78. The van der Waals surface area contributed by atoms with Gasteiger partial charge in [-0.15, -0.1) is 0 Å². The highest BCUT2D eigenvalue weighted by Gasteiger charge is 2.01. The predicted molar refractivity (Wildman–Crippen MR) is 115 cm³/mol. The second kappa shape index (κ2) is 21.4. The number of unbranched alkanes of at least 4 members (excludes halogenated alkanes) is 16. The number of hydrogen-bond acceptors (Lipinski definition) is 2. The van der Waals surface area contributed by atoms with Gasteiger partial charge in [0.1, 0.15) is 5.78 Å². The van der Waals surface area contributed by atoms with Crippen molar-refractivity contribution >= 4 is 11.8 Å². The Morgan fingerprint density at radius 2 is 0.778 bits per heavy atom. The molecule has 0 fully saturated rings. The normalized spacial score (nSPS) is 11.0. The molecule has 3 heteroatoms. The minimum Gasteiger partial charge on any atom is -0.481 e. The summed E-state index contributed by atoms with van der Waals surface area (Å²) in [5, 5.41) is 8.57. The Morgan fingerprint density at radius 1 is 0.481 bits per heavy atom. The van der Waals surface area contributed by atoms with Crippen LogP contribution >= 0.6 is 0 Å². The second-order valence-electron chi connectivity index (χ2n) is 8.19. The maximum atomic E-state index is 11.6. The Labute approximate surface area is 168 Å². The third-order valence-corrected chi connectivity index (χ3v) is 5.41. The van der Waals surface area contributed by atoms with Gasteiger partial charge in [-0.1, -0.05) is 103 Å². The third-order valence-electron chi connectivity index (χ3n) is 5.41. The van der Waals surface area contributed by atoms with Crippen LogP contribution in [0.3, 0.4) is 0 Å². The molecule has 0 unspecified atom stereocenters. The summed E-state index contributed by atoms with van der Waals surface area (Å²) in [4.78, 5) is 22.0. The number of aliphatic carboxylic acids is 1. The van der Waals surface area contributed by atoms with E-state index in [0.29, 0.717) is 12.2 Å². The molecule has 0 atom stereocenters. The van der Waals surface area contributed by atoms with E-state index in [1.54, 1.807) is 0 Å². The first kappa shape index (κ1) is 26.1. The lowest BCUT2D eigenvalue weighted by Crippen LogP contribution is -1.96. The standard InChI is InChI=1S/C24H46O3/c1-2-3-20-23(25)21-18-16-14-12-10-8-6-4-5-7-9-11-13-15-17-19-22-24(26)27/h2-22H2,1H3,(H,26,27). The first-order valence-corrected chi connectivity index (χ1v) is 11.9. The van der Waals surface area contributed by atoms with E-state index in [9.17, 15) is 9.59 Å². The van der Waals surface area contributed by atoms with Gasteiger partial charge in [0.25, 0.3) is 0 Å². The summed E-state index contributed by atoms with van der Waals surface area (Å²) in [6.45, 7) is 2.14. The van der Waals surface area contributed by atoms with Crippen LogP contribution in [0.4, 0.5) is 0 Å². The number of ketones is 1. The SMILES string of the molecule is CCCCC(=O)CCCCCCCCCCCCCCCCCCC(=O)O. The van der Waals surface area contributed by atoms with E-state index in [-0.39, 0.29) is 0 Å². The molecule has 1 N–H and O–H groups in total. The largest absolute Gasteiger partial charge is 0.481 e. The molecule has 0 bridgehead atoms. The predicted octanol–water partition coefficient (Wildman–Crippen LogP) is 7.85. The molecule has 0 heterocycles. The van der Waals surface area contributed by atoms with Gasteiger partial charge in [0, 0.05) is 19.3 Å². The molecule has 0 amide bonds. The maximum Gasteiger partial charge on any atom is 0.303 e. The van der Waals surface area contributed by atoms with Crippen molar-refractivity contribution in [2.75, 3.05) is 0 Å². The van der Waals surface area contributed by atoms with Gasteiger partial charge < -0.3 is 5.11 Å². The van der Waals surface area contributed by atoms with Crippen molar-refractivity contribution in [1.29, 1.82) is 0 Å². The van der Waals surface area contributed by atoms with Crippen molar-refractivity contribution in [3.05, 3.63) is 0 Å². The van der Waals surface area contributed by atoms with Crippen molar-refractivity contribution in [3.63, 3.8) is 0 Å². The maximum absolute atomic E-state index is 11.6. The highest BCUT2D eigenvalue weighted by atomic mass is 16.4. The van der Waals surface area contributed by atoms with Crippen molar-refractivity contribution in [2.45, 2.75) is 142 Å². The smallest absolute Gasteiger partial charge is 0.303 e. The van der Waals surface area contributed by atoms with Crippen LogP contribution in [0.25, 0.3) is 0 Å². The summed E-state index contributed by atoms with van der Waals surface area (Å²) in [5.41, 5.74) is 0. The van der Waals surface area contributed by atoms with Crippen LogP contribution in [0.1, 0.15) is 142 Å². The zero-order valence-electron chi connectivity index (χ0n) is 18.1. The summed E-state index contributed by atoms with van der Waals surface area (Å²) >= 11 is 0. The third kappa shape index (κ3) is 23.1. The van der Waals surface area contributed by atoms with Crippen LogP contribution in [-0.4, -0.2) is 16.9 Å². The van der Waals surface area contributed by atoms with E-state index >= 15 is 0 Å². The lowest BCUT2D eigenvalue weighted by atomic mass is 10.0. The van der Waals surface area contributed by atoms with Gasteiger partial charge in [-0.2, -0.15) is 0 Å². The van der Waals surface area contributed by atoms with E-state index < -0.39 is 5.97 Å². The Bertz CT molecular complexity index is 339. The van der Waals surface area contributed by atoms with Gasteiger partial charge in [-0.3, -0.25) is 9.59 Å². The average Bonchev–Trinajstić information content (AvgIpc) is 2.65. The molecule has 0 aliphatic heterocycles. The van der Waals surface area contributed by atoms with Crippen LogP contribution in [0.15, 0.2) is 0 Å². The number of carboxylic acids is 1. The van der Waals surface area contributed by atoms with Crippen molar-refractivity contribution in [2.24, 2.45) is 0 Å². The molecule has 0 aromatic heterocycles. The summed E-state index contributed by atoms with van der Waals surface area (Å²) in [6.07, 6.45) is 24.4. The van der Waals surface area contributed by atoms with E-state index in [1.807, 2.05) is 0 Å². The van der Waals surface area contributed by atoms with E-state index in [4.69, 9.17) is 5.11 Å². The fourth-order valence-electron chi connectivity index (χ4n) is 3.57. The fraction of sp³-hybridized carbons (Fsp3) is 0.917. The molecule has 0 saturated heterocycles. The minimum absolute atomic E-state index is 0.332. The molecule has 160 valence electrons. The number of hydrogen-bond donors (Lipinski definition) is 1. The van der Waals surface area contributed by atoms with Crippen molar-refractivity contribution < 1.29 is 14.7 Å². The molecule has 0 saturated carbocycles. The van der Waals surface area contributed by atoms with Crippen LogP contribution in [-0.2, 0) is 9.59 Å². The van der Waals surface area contributed by atoms with Gasteiger partial charge in [0.2, 0.25) is 0 Å². The number of carboxylic acid groups (broad SMARTS) is 1. The molecule has 0 aliphatic carbocycles. The summed E-state index contributed by atoms with van der Waals surface area (Å²) in [5.74, 6) is -0.195. The molecule has 0 spiro atoms. The Hall–Kier alpha value is -0.860. The molecular formula is C24H46O3. The zero-order valence-corrected chi connectivity index (χ0v) is 18.1. The first-order chi connectivity index (χ1) is 13.2. The molecule has 0 aliphatic rings. The van der Waals surface area contributed by atoms with E-state index in [1.165, 1.54) is 83.5 Å². The first-order valence-electron chi connectivity index (χ1n) is 11.9. The lowest BCUT2D eigenvalue weighted by Gasteiger charge is -2.04. The van der Waals surface area contributed by atoms with E-state index in [2.05, 4.69) is 6.92 Å².